The second-order valence-corrected chi connectivity index (χ2v) is 17.7. The molecule has 0 N–H and O–H groups in total. The third-order valence-corrected chi connectivity index (χ3v) is 13.4. The average Bonchev–Trinajstić information content (AvgIpc) is 3.29. The van der Waals surface area contributed by atoms with Gasteiger partial charge < -0.3 is 23.7 Å². The van der Waals surface area contributed by atoms with Gasteiger partial charge in [-0.05, 0) is 58.1 Å². The van der Waals surface area contributed by atoms with Gasteiger partial charge in [-0.1, -0.05) is 38.4 Å². The Kier molecular flexibility index (Phi) is 8.93. The van der Waals surface area contributed by atoms with Crippen molar-refractivity contribution >= 4 is 43.4 Å². The molecule has 10 nitrogen and oxygen atoms in total. The lowest BCUT2D eigenvalue weighted by atomic mass is 10.0. The van der Waals surface area contributed by atoms with E-state index in [-0.39, 0.29) is 41.4 Å². The number of carbonyl (C=O) groups excluding carboxylic acids is 3. The molecule has 2 aromatic carbocycles. The first kappa shape index (κ1) is 31.7. The Labute approximate surface area is 263 Å². The molecule has 2 aliphatic rings. The zero-order chi connectivity index (χ0) is 31.8. The van der Waals surface area contributed by atoms with Crippen molar-refractivity contribution < 1.29 is 28.3 Å². The minimum Gasteiger partial charge on any atom is -0.563 e. The third-order valence-electron chi connectivity index (χ3n) is 8.58. The zero-order valence-electron chi connectivity index (χ0n) is 26.1. The molecule has 0 saturated heterocycles. The first-order valence-corrected chi connectivity index (χ1v) is 18.2. The smallest absolute Gasteiger partial charge is 0.359 e. The Bertz CT molecular complexity index is 1600. The minimum atomic E-state index is -1.96. The number of nitrogens with zero attached hydrogens (tertiary/aromatic N) is 4. The van der Waals surface area contributed by atoms with Gasteiger partial charge in [0.05, 0.1) is 24.4 Å². The van der Waals surface area contributed by atoms with Crippen LogP contribution in [0.1, 0.15) is 64.6 Å². The van der Waals surface area contributed by atoms with Crippen molar-refractivity contribution in [3.8, 4) is 11.4 Å². The summed E-state index contributed by atoms with van der Waals surface area (Å²) < 4.78 is 19.0. The highest BCUT2D eigenvalue weighted by atomic mass is 35.5. The lowest BCUT2D eigenvalue weighted by Gasteiger charge is -2.48. The average molecular weight is 639 g/mol. The largest absolute Gasteiger partial charge is 0.563 e. The van der Waals surface area contributed by atoms with Crippen molar-refractivity contribution in [2.45, 2.75) is 52.2 Å². The summed E-state index contributed by atoms with van der Waals surface area (Å²) in [6.45, 7) is 14.8. The summed E-state index contributed by atoms with van der Waals surface area (Å²) in [5.41, 5.74) is 2.36. The molecule has 3 heterocycles. The SMILES string of the molecule is CCOC(=O)c1nn(-c2cccc(Cl)c2)c2c1CCN(c1ccc3c(c1)C(=O)N(CCO[Si-](C)(C)C(C)(C)C)CCO3)C2=O. The number of carbonyl (C=O) groups is 3. The molecule has 2 aliphatic heterocycles. The van der Waals surface area contributed by atoms with Gasteiger partial charge in [-0.25, -0.2) is 9.48 Å². The maximum atomic E-state index is 14.1. The maximum absolute atomic E-state index is 14.1. The molecule has 0 aliphatic carbocycles. The van der Waals surface area contributed by atoms with Crippen LogP contribution in [0.4, 0.5) is 5.69 Å². The van der Waals surface area contributed by atoms with E-state index in [1.54, 1.807) is 59.2 Å². The van der Waals surface area contributed by atoms with Crippen LogP contribution >= 0.6 is 11.6 Å². The Morgan fingerprint density at radius 2 is 1.84 bits per heavy atom. The van der Waals surface area contributed by atoms with Crippen LogP contribution in [0.15, 0.2) is 42.5 Å². The molecule has 0 radical (unpaired) electrons. The second-order valence-electron chi connectivity index (χ2n) is 12.4. The maximum Gasteiger partial charge on any atom is 0.359 e. The van der Waals surface area contributed by atoms with Crippen LogP contribution in [-0.4, -0.2) is 80.2 Å². The minimum absolute atomic E-state index is 0.0699. The van der Waals surface area contributed by atoms with Crippen LogP contribution in [0.3, 0.4) is 0 Å². The molecule has 0 bridgehead atoms. The van der Waals surface area contributed by atoms with Gasteiger partial charge >= 0.3 is 5.97 Å². The first-order valence-electron chi connectivity index (χ1n) is 14.9. The molecule has 0 fully saturated rings. The van der Waals surface area contributed by atoms with Crippen LogP contribution in [-0.2, 0) is 15.6 Å². The Morgan fingerprint density at radius 3 is 2.55 bits per heavy atom. The molecule has 2 amide bonds. The van der Waals surface area contributed by atoms with E-state index in [1.807, 2.05) is 0 Å². The van der Waals surface area contributed by atoms with Crippen molar-refractivity contribution in [2.75, 3.05) is 44.4 Å². The predicted molar refractivity (Wildman–Crippen MR) is 171 cm³/mol. The number of hydrogen-bond donors (Lipinski definition) is 0. The lowest BCUT2D eigenvalue weighted by molar-refractivity contribution is 0.0517. The fraction of sp³-hybridized carbons (Fsp3) is 0.438. The van der Waals surface area contributed by atoms with E-state index < -0.39 is 14.3 Å². The van der Waals surface area contributed by atoms with Crippen LogP contribution < -0.4 is 9.64 Å². The Hall–Kier alpha value is -3.67. The molecule has 1 aromatic heterocycles. The highest BCUT2D eigenvalue weighted by molar-refractivity contribution is 6.74. The summed E-state index contributed by atoms with van der Waals surface area (Å²) in [5.74, 6) is -0.630. The molecule has 12 heteroatoms. The highest BCUT2D eigenvalue weighted by Crippen LogP contribution is 2.37. The van der Waals surface area contributed by atoms with Gasteiger partial charge in [0.2, 0.25) is 0 Å². The standard InChI is InChI=1S/C32H39ClN4O6Si/c1-7-41-31(40)27-24-13-14-36(30(39)28(24)37(34-27)23-10-8-9-21(33)19-23)22-11-12-26-25(20-22)29(38)35(15-17-42-26)16-18-43-44(5,6)32(2,3)4/h8-12,19-20H,7,13-18H2,1-6H3/q-1. The van der Waals surface area contributed by atoms with E-state index in [9.17, 15) is 14.4 Å². The number of aromatic nitrogens is 2. The lowest BCUT2D eigenvalue weighted by Crippen LogP contribution is -2.44. The van der Waals surface area contributed by atoms with Gasteiger partial charge in [0.1, 0.15) is 18.1 Å². The molecule has 44 heavy (non-hydrogen) atoms. The molecule has 0 unspecified atom stereocenters. The number of halogens is 1. The Morgan fingerprint density at radius 1 is 1.07 bits per heavy atom. The number of rotatable bonds is 8. The van der Waals surface area contributed by atoms with Crippen LogP contribution in [0, 0.1) is 0 Å². The van der Waals surface area contributed by atoms with Crippen molar-refractivity contribution in [1.82, 2.24) is 14.7 Å². The predicted octanol–water partition coefficient (Wildman–Crippen LogP) is 5.76. The Balaban J connectivity index is 1.44. The van der Waals surface area contributed by atoms with Gasteiger partial charge in [-0.2, -0.15) is 5.10 Å². The molecule has 0 spiro atoms. The van der Waals surface area contributed by atoms with Gasteiger partial charge in [-0.15, -0.1) is 18.1 Å². The molecule has 3 aromatic rings. The normalized spacial score (nSPS) is 15.4. The second kappa shape index (κ2) is 12.4. The number of ether oxygens (including phenoxy) is 2. The molecular weight excluding hydrogens is 600 g/mol. The number of esters is 1. The number of fused-ring (bicyclic) bond motifs is 2. The van der Waals surface area contributed by atoms with Crippen molar-refractivity contribution in [3.05, 3.63) is 70.0 Å². The summed E-state index contributed by atoms with van der Waals surface area (Å²) in [6, 6.07) is 12.1. The number of benzene rings is 2. The van der Waals surface area contributed by atoms with Gasteiger partial charge in [0, 0.05) is 36.0 Å². The quantitative estimate of drug-likeness (QED) is 0.228. The van der Waals surface area contributed by atoms with Gasteiger partial charge in [0.15, 0.2) is 5.69 Å². The summed E-state index contributed by atoms with van der Waals surface area (Å²) in [7, 11) is -1.96. The summed E-state index contributed by atoms with van der Waals surface area (Å²) in [5, 5.41) is 5.05. The molecule has 235 valence electrons. The summed E-state index contributed by atoms with van der Waals surface area (Å²) in [6.07, 6.45) is 0.369. The topological polar surface area (TPSA) is 103 Å². The number of amides is 2. The van der Waals surface area contributed by atoms with E-state index in [0.717, 1.165) is 0 Å². The van der Waals surface area contributed by atoms with E-state index in [1.165, 1.54) is 4.68 Å². The summed E-state index contributed by atoms with van der Waals surface area (Å²) in [4.78, 5) is 44.0. The number of anilines is 1. The van der Waals surface area contributed by atoms with Crippen LogP contribution in [0.25, 0.3) is 5.69 Å². The van der Waals surface area contributed by atoms with Crippen molar-refractivity contribution in [3.63, 3.8) is 0 Å². The van der Waals surface area contributed by atoms with Crippen molar-refractivity contribution in [1.29, 1.82) is 0 Å². The van der Waals surface area contributed by atoms with Crippen LogP contribution in [0.2, 0.25) is 23.2 Å². The van der Waals surface area contributed by atoms with Gasteiger partial charge in [0.25, 0.3) is 11.8 Å². The van der Waals surface area contributed by atoms with Gasteiger partial charge in [-0.3, -0.25) is 9.59 Å². The van der Waals surface area contributed by atoms with E-state index in [0.29, 0.717) is 66.0 Å². The third kappa shape index (κ3) is 6.13. The molecule has 0 atom stereocenters. The zero-order valence-corrected chi connectivity index (χ0v) is 27.9. The van der Waals surface area contributed by atoms with Crippen molar-refractivity contribution in [2.24, 2.45) is 0 Å². The van der Waals surface area contributed by atoms with E-state index in [4.69, 9.17) is 25.5 Å². The van der Waals surface area contributed by atoms with Crippen LogP contribution in [0.5, 0.6) is 5.75 Å². The van der Waals surface area contributed by atoms with E-state index in [2.05, 4.69) is 39.0 Å². The van der Waals surface area contributed by atoms with E-state index >= 15 is 0 Å². The summed E-state index contributed by atoms with van der Waals surface area (Å²) >= 11 is 6.26. The number of hydrogen-bond acceptors (Lipinski definition) is 7. The molecule has 5 rings (SSSR count). The highest BCUT2D eigenvalue weighted by Gasteiger charge is 2.36. The first-order chi connectivity index (χ1) is 20.8. The molecule has 0 saturated carbocycles. The fourth-order valence-electron chi connectivity index (χ4n) is 5.12. The monoisotopic (exact) mass is 638 g/mol. The molecular formula is C32H39ClN4O6Si-. The fourth-order valence-corrected chi connectivity index (χ4v) is 6.34.